The molecule has 1 aromatic rings. The molecule has 0 unspecified atom stereocenters. The Morgan fingerprint density at radius 2 is 2.05 bits per heavy atom. The van der Waals surface area contributed by atoms with Crippen LogP contribution >= 0.6 is 12.2 Å². The summed E-state index contributed by atoms with van der Waals surface area (Å²) in [5, 5.41) is 3.60. The van der Waals surface area contributed by atoms with Crippen molar-refractivity contribution < 1.29 is 0 Å². The van der Waals surface area contributed by atoms with E-state index in [-0.39, 0.29) is 0 Å². The van der Waals surface area contributed by atoms with Crippen LogP contribution in [-0.4, -0.2) is 36.6 Å². The predicted octanol–water partition coefficient (Wildman–Crippen LogP) is 2.77. The number of anilines is 1. The van der Waals surface area contributed by atoms with Gasteiger partial charge in [0.25, 0.3) is 0 Å². The van der Waals surface area contributed by atoms with Gasteiger partial charge in [0.2, 0.25) is 0 Å². The minimum absolute atomic E-state index is 0.349. The number of para-hydroxylation sites is 1. The highest BCUT2D eigenvalue weighted by Crippen LogP contribution is 2.31. The van der Waals surface area contributed by atoms with Gasteiger partial charge in [0, 0.05) is 17.8 Å². The van der Waals surface area contributed by atoms with E-state index in [0.29, 0.717) is 10.4 Å². The van der Waals surface area contributed by atoms with E-state index in [1.807, 2.05) is 12.1 Å². The maximum absolute atomic E-state index is 5.83. The van der Waals surface area contributed by atoms with Crippen LogP contribution < -0.4 is 11.1 Å². The Bertz CT molecular complexity index is 490. The Hall–Kier alpha value is -1.13. The maximum Gasteiger partial charge on any atom is 0.106 e. The van der Waals surface area contributed by atoms with Crippen LogP contribution in [0.25, 0.3) is 0 Å². The lowest BCUT2D eigenvalue weighted by Crippen LogP contribution is -2.40. The molecule has 3 N–H and O–H groups in total. The maximum atomic E-state index is 5.83. The molecule has 1 heterocycles. The number of aryl methyl sites for hydroxylation is 1. The van der Waals surface area contributed by atoms with Gasteiger partial charge in [0.1, 0.15) is 4.99 Å². The zero-order valence-electron chi connectivity index (χ0n) is 12.7. The molecule has 1 saturated heterocycles. The summed E-state index contributed by atoms with van der Waals surface area (Å²) in [6, 6.07) is 6.10. The summed E-state index contributed by atoms with van der Waals surface area (Å²) in [6.45, 7) is 7.79. The van der Waals surface area contributed by atoms with Crippen LogP contribution in [0.5, 0.6) is 0 Å². The van der Waals surface area contributed by atoms with Gasteiger partial charge >= 0.3 is 0 Å². The summed E-state index contributed by atoms with van der Waals surface area (Å²) in [7, 11) is 2.19. The second-order valence-electron chi connectivity index (χ2n) is 6.33. The lowest BCUT2D eigenvalue weighted by atomic mass is 9.80. The molecule has 0 spiro atoms. The molecule has 4 heteroatoms. The number of nitrogens with two attached hydrogens (primary N) is 1. The van der Waals surface area contributed by atoms with E-state index < -0.39 is 0 Å². The van der Waals surface area contributed by atoms with Crippen molar-refractivity contribution in [3.05, 3.63) is 29.3 Å². The molecule has 1 fully saturated rings. The highest BCUT2D eigenvalue weighted by molar-refractivity contribution is 7.80. The van der Waals surface area contributed by atoms with Crippen molar-refractivity contribution in [2.45, 2.75) is 26.7 Å². The van der Waals surface area contributed by atoms with Crippen molar-refractivity contribution in [3.8, 4) is 0 Å². The van der Waals surface area contributed by atoms with Crippen molar-refractivity contribution in [2.24, 2.45) is 11.1 Å². The topological polar surface area (TPSA) is 41.3 Å². The highest BCUT2D eigenvalue weighted by Gasteiger charge is 2.28. The van der Waals surface area contributed by atoms with Crippen molar-refractivity contribution in [1.29, 1.82) is 0 Å². The number of nitrogens with one attached hydrogen (secondary N) is 1. The van der Waals surface area contributed by atoms with Gasteiger partial charge in [-0.1, -0.05) is 31.3 Å². The lowest BCUT2D eigenvalue weighted by Gasteiger charge is -2.38. The van der Waals surface area contributed by atoms with Crippen LogP contribution in [0.2, 0.25) is 0 Å². The smallest absolute Gasteiger partial charge is 0.106 e. The van der Waals surface area contributed by atoms with Crippen LogP contribution in [-0.2, 0) is 0 Å². The largest absolute Gasteiger partial charge is 0.389 e. The molecular weight excluding hydrogens is 266 g/mol. The zero-order chi connectivity index (χ0) is 14.8. The molecule has 0 radical (unpaired) electrons. The SMILES string of the molecule is Cc1cccc(C(N)=S)c1NCC1(C)CCN(C)CC1. The Balaban J connectivity index is 2.09. The van der Waals surface area contributed by atoms with Crippen molar-refractivity contribution in [2.75, 3.05) is 32.0 Å². The van der Waals surface area contributed by atoms with Gasteiger partial charge in [-0.05, 0) is 56.9 Å². The third kappa shape index (κ3) is 3.49. The second-order valence-corrected chi connectivity index (χ2v) is 6.77. The standard InChI is InChI=1S/C16H25N3S/c1-12-5-4-6-13(15(17)20)14(12)18-11-16(2)7-9-19(3)10-8-16/h4-6,18H,7-11H2,1-3H3,(H2,17,20). The van der Waals surface area contributed by atoms with Gasteiger partial charge in [0.05, 0.1) is 0 Å². The first kappa shape index (κ1) is 15.3. The number of thiocarbonyl (C=S) groups is 1. The molecule has 2 rings (SSSR count). The molecule has 0 saturated carbocycles. The van der Waals surface area contributed by atoms with Gasteiger partial charge in [-0.3, -0.25) is 0 Å². The molecule has 20 heavy (non-hydrogen) atoms. The van der Waals surface area contributed by atoms with Crippen molar-refractivity contribution in [1.82, 2.24) is 4.90 Å². The normalized spacial score (nSPS) is 18.8. The molecule has 0 bridgehead atoms. The number of benzene rings is 1. The first-order valence-electron chi connectivity index (χ1n) is 7.23. The third-order valence-electron chi connectivity index (χ3n) is 4.42. The molecule has 0 aliphatic carbocycles. The summed E-state index contributed by atoms with van der Waals surface area (Å²) in [6.07, 6.45) is 2.45. The number of rotatable bonds is 4. The van der Waals surface area contributed by atoms with Gasteiger partial charge < -0.3 is 16.0 Å². The molecule has 0 amide bonds. The minimum Gasteiger partial charge on any atom is -0.389 e. The molecule has 110 valence electrons. The van der Waals surface area contributed by atoms with Gasteiger partial charge in [-0.25, -0.2) is 0 Å². The number of hydrogen-bond acceptors (Lipinski definition) is 3. The number of hydrogen-bond donors (Lipinski definition) is 2. The summed E-state index contributed by atoms with van der Waals surface area (Å²) in [5.41, 5.74) is 9.43. The average molecular weight is 291 g/mol. The van der Waals surface area contributed by atoms with Gasteiger partial charge in [-0.2, -0.15) is 0 Å². The first-order chi connectivity index (χ1) is 9.41. The Morgan fingerprint density at radius 1 is 1.40 bits per heavy atom. The average Bonchev–Trinajstić information content (AvgIpc) is 2.41. The van der Waals surface area contributed by atoms with E-state index >= 15 is 0 Å². The van der Waals surface area contributed by atoms with Gasteiger partial charge in [-0.15, -0.1) is 0 Å². The molecule has 3 nitrogen and oxygen atoms in total. The summed E-state index contributed by atoms with van der Waals surface area (Å²) in [4.78, 5) is 2.86. The van der Waals surface area contributed by atoms with E-state index in [1.54, 1.807) is 0 Å². The zero-order valence-corrected chi connectivity index (χ0v) is 13.5. The summed E-state index contributed by atoms with van der Waals surface area (Å²) >= 11 is 5.15. The van der Waals surface area contributed by atoms with Crippen molar-refractivity contribution in [3.63, 3.8) is 0 Å². The quantitative estimate of drug-likeness (QED) is 0.837. The molecule has 1 aliphatic rings. The Labute approximate surface area is 127 Å². The van der Waals surface area contributed by atoms with E-state index in [9.17, 15) is 0 Å². The molecule has 0 aromatic heterocycles. The molecule has 1 aliphatic heterocycles. The highest BCUT2D eigenvalue weighted by atomic mass is 32.1. The fraction of sp³-hybridized carbons (Fsp3) is 0.562. The Morgan fingerprint density at radius 3 is 2.65 bits per heavy atom. The van der Waals surface area contributed by atoms with E-state index in [2.05, 4.69) is 37.2 Å². The molecule has 0 atom stereocenters. The minimum atomic E-state index is 0.349. The monoisotopic (exact) mass is 291 g/mol. The number of nitrogens with zero attached hydrogens (tertiary/aromatic N) is 1. The van der Waals surface area contributed by atoms with Crippen molar-refractivity contribution >= 4 is 22.9 Å². The van der Waals surface area contributed by atoms with E-state index in [1.165, 1.54) is 31.5 Å². The summed E-state index contributed by atoms with van der Waals surface area (Å²) in [5.74, 6) is 0. The first-order valence-corrected chi connectivity index (χ1v) is 7.64. The number of piperidine rings is 1. The van der Waals surface area contributed by atoms with Crippen LogP contribution in [0.15, 0.2) is 18.2 Å². The van der Waals surface area contributed by atoms with Crippen LogP contribution in [0.1, 0.15) is 30.9 Å². The molecular formula is C16H25N3S. The summed E-state index contributed by atoms with van der Waals surface area (Å²) < 4.78 is 0. The predicted molar refractivity (Wildman–Crippen MR) is 90.4 cm³/mol. The fourth-order valence-corrected chi connectivity index (χ4v) is 2.91. The lowest BCUT2D eigenvalue weighted by molar-refractivity contribution is 0.150. The number of likely N-dealkylation sites (tertiary alicyclic amines) is 1. The van der Waals surface area contributed by atoms with Crippen LogP contribution in [0.3, 0.4) is 0 Å². The van der Waals surface area contributed by atoms with E-state index in [0.717, 1.165) is 17.8 Å². The van der Waals surface area contributed by atoms with Crippen LogP contribution in [0.4, 0.5) is 5.69 Å². The Kier molecular flexibility index (Phi) is 4.66. The third-order valence-corrected chi connectivity index (χ3v) is 4.64. The van der Waals surface area contributed by atoms with E-state index in [4.69, 9.17) is 18.0 Å². The van der Waals surface area contributed by atoms with Gasteiger partial charge in [0.15, 0.2) is 0 Å². The second kappa shape index (κ2) is 6.10. The molecule has 1 aromatic carbocycles. The fourth-order valence-electron chi connectivity index (χ4n) is 2.74. The van der Waals surface area contributed by atoms with Crippen LogP contribution in [0, 0.1) is 12.3 Å².